The van der Waals surface area contributed by atoms with Crippen LogP contribution in [0.25, 0.3) is 16.9 Å². The molecule has 0 unspecified atom stereocenters. The van der Waals surface area contributed by atoms with Crippen molar-refractivity contribution in [1.29, 1.82) is 0 Å². The van der Waals surface area contributed by atoms with Crippen molar-refractivity contribution in [3.63, 3.8) is 0 Å². The van der Waals surface area contributed by atoms with Crippen LogP contribution in [0.3, 0.4) is 0 Å². The molecule has 0 aliphatic rings. The summed E-state index contributed by atoms with van der Waals surface area (Å²) in [7, 11) is 0. The number of nitrogens with one attached hydrogen (secondary N) is 1. The Morgan fingerprint density at radius 2 is 1.90 bits per heavy atom. The standard InChI is InChI=1S/C22H21N5OS/c1-4-19-24-25-22(29-19)23-21(28)18-13-27(16-8-6-5-7-9-16)26-20(18)17-11-10-14(2)12-15(17)3/h5-13H,4H2,1-3H3,(H,23,25,28). The second-order valence-corrected chi connectivity index (χ2v) is 7.86. The third-order valence-corrected chi connectivity index (χ3v) is 5.59. The predicted molar refractivity (Wildman–Crippen MR) is 116 cm³/mol. The molecule has 0 aliphatic heterocycles. The van der Waals surface area contributed by atoms with E-state index in [4.69, 9.17) is 5.10 Å². The van der Waals surface area contributed by atoms with Gasteiger partial charge in [0.1, 0.15) is 10.7 Å². The average molecular weight is 404 g/mol. The SMILES string of the molecule is CCc1nnc(NC(=O)c2cn(-c3ccccc3)nc2-c2ccc(C)cc2C)s1. The molecule has 1 N–H and O–H groups in total. The molecule has 0 spiro atoms. The summed E-state index contributed by atoms with van der Waals surface area (Å²) in [5, 5.41) is 17.1. The number of hydrogen-bond acceptors (Lipinski definition) is 5. The van der Waals surface area contributed by atoms with E-state index in [-0.39, 0.29) is 5.91 Å². The highest BCUT2D eigenvalue weighted by atomic mass is 32.1. The maximum Gasteiger partial charge on any atom is 0.261 e. The quantitative estimate of drug-likeness (QED) is 0.518. The van der Waals surface area contributed by atoms with Crippen LogP contribution in [0.1, 0.15) is 33.4 Å². The van der Waals surface area contributed by atoms with Gasteiger partial charge in [0.05, 0.1) is 11.3 Å². The highest BCUT2D eigenvalue weighted by molar-refractivity contribution is 7.15. The second-order valence-electron chi connectivity index (χ2n) is 6.80. The van der Waals surface area contributed by atoms with Crippen LogP contribution in [0.4, 0.5) is 5.13 Å². The minimum Gasteiger partial charge on any atom is -0.296 e. The maximum absolute atomic E-state index is 13.1. The molecule has 2 aromatic heterocycles. The Balaban J connectivity index is 1.78. The van der Waals surface area contributed by atoms with Gasteiger partial charge in [0.25, 0.3) is 5.91 Å². The summed E-state index contributed by atoms with van der Waals surface area (Å²) >= 11 is 1.38. The molecule has 2 aromatic carbocycles. The fraction of sp³-hybridized carbons (Fsp3) is 0.182. The number of rotatable bonds is 5. The maximum atomic E-state index is 13.1. The Kier molecular flexibility index (Phi) is 5.22. The Hall–Kier alpha value is -3.32. The number of aromatic nitrogens is 4. The minimum absolute atomic E-state index is 0.249. The Morgan fingerprint density at radius 1 is 1.10 bits per heavy atom. The van der Waals surface area contributed by atoms with Gasteiger partial charge in [-0.05, 0) is 38.0 Å². The Morgan fingerprint density at radius 3 is 2.59 bits per heavy atom. The smallest absolute Gasteiger partial charge is 0.261 e. The summed E-state index contributed by atoms with van der Waals surface area (Å²) in [5.74, 6) is -0.249. The largest absolute Gasteiger partial charge is 0.296 e. The topological polar surface area (TPSA) is 72.7 Å². The fourth-order valence-corrected chi connectivity index (χ4v) is 3.82. The number of hydrogen-bond donors (Lipinski definition) is 1. The van der Waals surface area contributed by atoms with E-state index < -0.39 is 0 Å². The lowest BCUT2D eigenvalue weighted by atomic mass is 10.0. The van der Waals surface area contributed by atoms with E-state index in [1.807, 2.05) is 63.2 Å². The molecule has 0 bridgehead atoms. The first-order valence-electron chi connectivity index (χ1n) is 9.41. The summed E-state index contributed by atoms with van der Waals surface area (Å²) in [4.78, 5) is 13.1. The van der Waals surface area contributed by atoms with Crippen LogP contribution in [0.15, 0.2) is 54.7 Å². The van der Waals surface area contributed by atoms with E-state index in [1.54, 1.807) is 10.9 Å². The van der Waals surface area contributed by atoms with E-state index in [1.165, 1.54) is 16.9 Å². The molecule has 4 aromatic rings. The molecule has 0 saturated heterocycles. The van der Waals surface area contributed by atoms with Crippen molar-refractivity contribution in [2.24, 2.45) is 0 Å². The van der Waals surface area contributed by atoms with Crippen LogP contribution >= 0.6 is 11.3 Å². The van der Waals surface area contributed by atoms with E-state index >= 15 is 0 Å². The zero-order valence-corrected chi connectivity index (χ0v) is 17.3. The van der Waals surface area contributed by atoms with E-state index in [0.717, 1.165) is 28.2 Å². The molecule has 0 atom stereocenters. The van der Waals surface area contributed by atoms with Crippen molar-refractivity contribution in [3.05, 3.63) is 76.4 Å². The third kappa shape index (κ3) is 3.95. The van der Waals surface area contributed by atoms with Crippen LogP contribution in [-0.2, 0) is 6.42 Å². The molecule has 0 saturated carbocycles. The van der Waals surface area contributed by atoms with Crippen LogP contribution in [-0.4, -0.2) is 25.9 Å². The van der Waals surface area contributed by atoms with Crippen molar-refractivity contribution in [3.8, 4) is 16.9 Å². The van der Waals surface area contributed by atoms with Crippen LogP contribution in [0.5, 0.6) is 0 Å². The lowest BCUT2D eigenvalue weighted by molar-refractivity contribution is 0.102. The van der Waals surface area contributed by atoms with Crippen molar-refractivity contribution in [2.45, 2.75) is 27.2 Å². The van der Waals surface area contributed by atoms with Gasteiger partial charge in [-0.1, -0.05) is 60.2 Å². The van der Waals surface area contributed by atoms with Crippen LogP contribution in [0.2, 0.25) is 0 Å². The van der Waals surface area contributed by atoms with Crippen molar-refractivity contribution < 1.29 is 4.79 Å². The number of anilines is 1. The molecule has 146 valence electrons. The molecule has 0 radical (unpaired) electrons. The second kappa shape index (κ2) is 7.97. The van der Waals surface area contributed by atoms with E-state index in [2.05, 4.69) is 21.6 Å². The van der Waals surface area contributed by atoms with Gasteiger partial charge < -0.3 is 0 Å². The van der Waals surface area contributed by atoms with Crippen molar-refractivity contribution >= 4 is 22.4 Å². The minimum atomic E-state index is -0.249. The number of para-hydroxylation sites is 1. The van der Waals surface area contributed by atoms with Crippen LogP contribution in [0, 0.1) is 13.8 Å². The third-order valence-electron chi connectivity index (χ3n) is 4.61. The summed E-state index contributed by atoms with van der Waals surface area (Å²) in [6.45, 7) is 6.09. The van der Waals surface area contributed by atoms with E-state index in [0.29, 0.717) is 16.4 Å². The molecule has 0 fully saturated rings. The molecule has 1 amide bonds. The monoisotopic (exact) mass is 403 g/mol. The number of benzene rings is 2. The highest BCUT2D eigenvalue weighted by Crippen LogP contribution is 2.28. The highest BCUT2D eigenvalue weighted by Gasteiger charge is 2.21. The number of amides is 1. The van der Waals surface area contributed by atoms with Gasteiger partial charge in [0, 0.05) is 11.8 Å². The molecule has 4 rings (SSSR count). The molecule has 0 aliphatic carbocycles. The zero-order valence-electron chi connectivity index (χ0n) is 16.5. The number of aryl methyl sites for hydroxylation is 3. The van der Waals surface area contributed by atoms with Gasteiger partial charge in [-0.25, -0.2) is 4.68 Å². The number of nitrogens with zero attached hydrogens (tertiary/aromatic N) is 4. The summed E-state index contributed by atoms with van der Waals surface area (Å²) < 4.78 is 1.74. The fourth-order valence-electron chi connectivity index (χ4n) is 3.14. The van der Waals surface area contributed by atoms with Gasteiger partial charge in [0.2, 0.25) is 5.13 Å². The lowest BCUT2D eigenvalue weighted by Gasteiger charge is -2.07. The first-order chi connectivity index (χ1) is 14.0. The van der Waals surface area contributed by atoms with Gasteiger partial charge in [0.15, 0.2) is 0 Å². The molecular formula is C22H21N5OS. The van der Waals surface area contributed by atoms with Gasteiger partial charge >= 0.3 is 0 Å². The summed E-state index contributed by atoms with van der Waals surface area (Å²) in [5.41, 5.74) is 5.20. The van der Waals surface area contributed by atoms with Gasteiger partial charge in [-0.3, -0.25) is 10.1 Å². The first kappa shape index (κ1) is 19.0. The predicted octanol–water partition coefficient (Wildman–Crippen LogP) is 4.82. The lowest BCUT2D eigenvalue weighted by Crippen LogP contribution is -2.12. The van der Waals surface area contributed by atoms with E-state index in [9.17, 15) is 4.79 Å². The van der Waals surface area contributed by atoms with Gasteiger partial charge in [-0.2, -0.15) is 5.10 Å². The Labute approximate surface area is 173 Å². The molecular weight excluding hydrogens is 382 g/mol. The molecule has 29 heavy (non-hydrogen) atoms. The Bertz CT molecular complexity index is 1160. The molecule has 7 heteroatoms. The number of carbonyl (C=O) groups excluding carboxylic acids is 1. The van der Waals surface area contributed by atoms with Crippen molar-refractivity contribution in [2.75, 3.05) is 5.32 Å². The normalized spacial score (nSPS) is 10.9. The molecule has 6 nitrogen and oxygen atoms in total. The first-order valence-corrected chi connectivity index (χ1v) is 10.2. The van der Waals surface area contributed by atoms with Crippen molar-refractivity contribution in [1.82, 2.24) is 20.0 Å². The number of carbonyl (C=O) groups is 1. The summed E-state index contributed by atoms with van der Waals surface area (Å²) in [6, 6.07) is 15.9. The van der Waals surface area contributed by atoms with Crippen LogP contribution < -0.4 is 5.32 Å². The molecule has 2 heterocycles. The average Bonchev–Trinajstić information content (AvgIpc) is 3.36. The zero-order chi connectivity index (χ0) is 20.4. The van der Waals surface area contributed by atoms with Gasteiger partial charge in [-0.15, -0.1) is 10.2 Å². The summed E-state index contributed by atoms with van der Waals surface area (Å²) in [6.07, 6.45) is 2.55.